The molecule has 0 unspecified atom stereocenters. The number of hydrogen-bond donors (Lipinski definition) is 1. The minimum atomic E-state index is -4.78. The molecule has 0 atom stereocenters. The molecule has 0 bridgehead atoms. The van der Waals surface area contributed by atoms with Gasteiger partial charge in [0.25, 0.3) is 0 Å². The maximum atomic E-state index is 13.2. The predicted octanol–water partition coefficient (Wildman–Crippen LogP) is 3.60. The number of benzene rings is 2. The first-order valence-electron chi connectivity index (χ1n) is 9.52. The summed E-state index contributed by atoms with van der Waals surface area (Å²) in [5.41, 5.74) is -0.135. The molecule has 1 saturated heterocycles. The van der Waals surface area contributed by atoms with E-state index in [2.05, 4.69) is 10.2 Å². The van der Waals surface area contributed by atoms with E-state index in [-0.39, 0.29) is 5.69 Å². The number of anilines is 3. The van der Waals surface area contributed by atoms with E-state index >= 15 is 0 Å². The van der Waals surface area contributed by atoms with E-state index in [9.17, 15) is 26.4 Å². The summed E-state index contributed by atoms with van der Waals surface area (Å²) in [6.45, 7) is 2.04. The number of nitrogens with one attached hydrogen (secondary N) is 1. The summed E-state index contributed by atoms with van der Waals surface area (Å²) in [5, 5.41) is 1.99. The number of hydrogen-bond acceptors (Lipinski definition) is 5. The van der Waals surface area contributed by atoms with Gasteiger partial charge in [0.05, 0.1) is 35.7 Å². The van der Waals surface area contributed by atoms with Gasteiger partial charge in [-0.2, -0.15) is 13.2 Å². The van der Waals surface area contributed by atoms with Gasteiger partial charge in [-0.25, -0.2) is 8.42 Å². The van der Waals surface area contributed by atoms with Crippen LogP contribution in [0.4, 0.5) is 30.2 Å². The molecule has 0 aliphatic carbocycles. The lowest BCUT2D eigenvalue weighted by molar-refractivity contribution is -0.137. The first-order chi connectivity index (χ1) is 14.9. The smallest absolute Gasteiger partial charge is 0.378 e. The molecule has 174 valence electrons. The van der Waals surface area contributed by atoms with Crippen molar-refractivity contribution in [1.82, 2.24) is 0 Å². The summed E-state index contributed by atoms with van der Waals surface area (Å²) < 4.78 is 69.8. The van der Waals surface area contributed by atoms with Gasteiger partial charge in [0.1, 0.15) is 6.54 Å². The maximum absolute atomic E-state index is 13.2. The second-order valence-electron chi connectivity index (χ2n) is 7.13. The normalized spacial score (nSPS) is 14.8. The van der Waals surface area contributed by atoms with Crippen molar-refractivity contribution in [3.63, 3.8) is 0 Å². The predicted molar refractivity (Wildman–Crippen MR) is 117 cm³/mol. The molecule has 1 fully saturated rings. The van der Waals surface area contributed by atoms with Crippen molar-refractivity contribution in [2.75, 3.05) is 53.6 Å². The number of alkyl halides is 3. The number of amides is 1. The Balaban J connectivity index is 1.75. The summed E-state index contributed by atoms with van der Waals surface area (Å²) in [4.78, 5) is 14.6. The molecular formula is C20H21ClF3N3O4S. The molecule has 1 amide bonds. The summed E-state index contributed by atoms with van der Waals surface area (Å²) in [7, 11) is -4.06. The molecule has 32 heavy (non-hydrogen) atoms. The van der Waals surface area contributed by atoms with Crippen molar-refractivity contribution in [2.24, 2.45) is 0 Å². The third-order valence-electron chi connectivity index (χ3n) is 4.76. The Labute approximate surface area is 188 Å². The Morgan fingerprint density at radius 3 is 2.34 bits per heavy atom. The fourth-order valence-corrected chi connectivity index (χ4v) is 4.27. The largest absolute Gasteiger partial charge is 0.417 e. The topological polar surface area (TPSA) is 79.0 Å². The van der Waals surface area contributed by atoms with Gasteiger partial charge in [0, 0.05) is 24.5 Å². The van der Waals surface area contributed by atoms with Crippen LogP contribution in [0.2, 0.25) is 5.02 Å². The number of nitrogens with zero attached hydrogens (tertiary/aromatic N) is 2. The molecule has 1 aliphatic heterocycles. The molecule has 12 heteroatoms. The van der Waals surface area contributed by atoms with E-state index in [0.29, 0.717) is 29.3 Å². The van der Waals surface area contributed by atoms with Gasteiger partial charge in [-0.15, -0.1) is 0 Å². The van der Waals surface area contributed by atoms with Crippen LogP contribution in [-0.4, -0.2) is 53.4 Å². The zero-order valence-corrected chi connectivity index (χ0v) is 18.6. The van der Waals surface area contributed by atoms with Gasteiger partial charge in [-0.3, -0.25) is 9.10 Å². The molecule has 0 aromatic heterocycles. The Bertz CT molecular complexity index is 1070. The lowest BCUT2D eigenvalue weighted by atomic mass is 10.2. The summed E-state index contributed by atoms with van der Waals surface area (Å²) in [5.74, 6) is -0.710. The third-order valence-corrected chi connectivity index (χ3v) is 6.23. The maximum Gasteiger partial charge on any atom is 0.417 e. The lowest BCUT2D eigenvalue weighted by Gasteiger charge is -2.29. The number of morpholine rings is 1. The molecule has 2 aromatic carbocycles. The Morgan fingerprint density at radius 2 is 1.78 bits per heavy atom. The molecule has 1 heterocycles. The highest BCUT2D eigenvalue weighted by Gasteiger charge is 2.34. The number of carbonyl (C=O) groups is 1. The minimum absolute atomic E-state index is 0.318. The van der Waals surface area contributed by atoms with Gasteiger partial charge in [-0.1, -0.05) is 11.6 Å². The lowest BCUT2D eigenvalue weighted by Crippen LogP contribution is -2.37. The molecule has 3 rings (SSSR count). The first kappa shape index (κ1) is 24.1. The van der Waals surface area contributed by atoms with Crippen molar-refractivity contribution in [3.8, 4) is 0 Å². The molecule has 0 saturated carbocycles. The number of rotatable bonds is 6. The Hall–Kier alpha value is -2.50. The number of halogens is 4. The van der Waals surface area contributed by atoms with E-state index in [1.165, 1.54) is 0 Å². The van der Waals surface area contributed by atoms with Crippen LogP contribution in [-0.2, 0) is 25.7 Å². The molecule has 2 aromatic rings. The van der Waals surface area contributed by atoms with E-state index in [0.717, 1.165) is 37.2 Å². The second kappa shape index (κ2) is 9.55. The van der Waals surface area contributed by atoms with E-state index in [1.54, 1.807) is 12.1 Å². The standard InChI is InChI=1S/C20H21ClF3N3O4S/c1-32(29,30)27(16-6-7-18(21)17(12-16)20(22,23)24)13-19(28)25-14-2-4-15(5-3-14)26-8-10-31-11-9-26/h2-7,12H,8-11,13H2,1H3,(H,25,28). The van der Waals surface area contributed by atoms with Crippen LogP contribution in [0.3, 0.4) is 0 Å². The van der Waals surface area contributed by atoms with Gasteiger partial charge in [0.15, 0.2) is 0 Å². The van der Waals surface area contributed by atoms with Crippen molar-refractivity contribution >= 4 is 44.6 Å². The zero-order chi connectivity index (χ0) is 23.5. The van der Waals surface area contributed by atoms with Gasteiger partial charge in [0.2, 0.25) is 15.9 Å². The highest BCUT2D eigenvalue weighted by Crippen LogP contribution is 2.37. The molecule has 7 nitrogen and oxygen atoms in total. The van der Waals surface area contributed by atoms with Crippen LogP contribution < -0.4 is 14.5 Å². The number of carbonyl (C=O) groups excluding carboxylic acids is 1. The van der Waals surface area contributed by atoms with Crippen LogP contribution in [0.25, 0.3) is 0 Å². The van der Waals surface area contributed by atoms with Crippen LogP contribution in [0.5, 0.6) is 0 Å². The van der Waals surface area contributed by atoms with Gasteiger partial charge < -0.3 is 15.0 Å². The monoisotopic (exact) mass is 491 g/mol. The van der Waals surface area contributed by atoms with E-state index in [4.69, 9.17) is 16.3 Å². The van der Waals surface area contributed by atoms with Crippen LogP contribution in [0.15, 0.2) is 42.5 Å². The first-order valence-corrected chi connectivity index (χ1v) is 11.7. The average Bonchev–Trinajstić information content (AvgIpc) is 2.72. The summed E-state index contributed by atoms with van der Waals surface area (Å²) in [6.07, 6.45) is -3.97. The van der Waals surface area contributed by atoms with Gasteiger partial charge in [-0.05, 0) is 42.5 Å². The second-order valence-corrected chi connectivity index (χ2v) is 9.44. The Kier molecular flexibility index (Phi) is 7.21. The fraction of sp³-hybridized carbons (Fsp3) is 0.350. The van der Waals surface area contributed by atoms with Crippen molar-refractivity contribution in [3.05, 3.63) is 53.1 Å². The number of ether oxygens (including phenoxy) is 1. The molecule has 1 aliphatic rings. The molecule has 0 spiro atoms. The van der Waals surface area contributed by atoms with E-state index < -0.39 is 39.2 Å². The molecular weight excluding hydrogens is 471 g/mol. The third kappa shape index (κ3) is 6.05. The van der Waals surface area contributed by atoms with Crippen molar-refractivity contribution in [1.29, 1.82) is 0 Å². The van der Waals surface area contributed by atoms with Gasteiger partial charge >= 0.3 is 6.18 Å². The van der Waals surface area contributed by atoms with E-state index in [1.807, 2.05) is 12.1 Å². The van der Waals surface area contributed by atoms with Crippen LogP contribution in [0.1, 0.15) is 5.56 Å². The van der Waals surface area contributed by atoms with Crippen LogP contribution in [0, 0.1) is 0 Å². The minimum Gasteiger partial charge on any atom is -0.378 e. The van der Waals surface area contributed by atoms with Crippen LogP contribution >= 0.6 is 11.6 Å². The van der Waals surface area contributed by atoms with Crippen molar-refractivity contribution < 1.29 is 31.1 Å². The highest BCUT2D eigenvalue weighted by molar-refractivity contribution is 7.92. The SMILES string of the molecule is CS(=O)(=O)N(CC(=O)Nc1ccc(N2CCOCC2)cc1)c1ccc(Cl)c(C(F)(F)F)c1. The zero-order valence-electron chi connectivity index (χ0n) is 17.0. The fourth-order valence-electron chi connectivity index (χ4n) is 3.19. The Morgan fingerprint density at radius 1 is 1.16 bits per heavy atom. The molecule has 0 radical (unpaired) electrons. The quantitative estimate of drug-likeness (QED) is 0.668. The van der Waals surface area contributed by atoms with Crippen molar-refractivity contribution in [2.45, 2.75) is 6.18 Å². The summed E-state index contributed by atoms with van der Waals surface area (Å²) in [6, 6.07) is 9.61. The summed E-state index contributed by atoms with van der Waals surface area (Å²) >= 11 is 5.60. The highest BCUT2D eigenvalue weighted by atomic mass is 35.5. The number of sulfonamides is 1. The average molecular weight is 492 g/mol. The molecule has 1 N–H and O–H groups in total.